The molecule has 1 heterocycles. The summed E-state index contributed by atoms with van der Waals surface area (Å²) in [5, 5.41) is 3.55. The Balaban J connectivity index is 2.65. The highest BCUT2D eigenvalue weighted by atomic mass is 32.2. The first kappa shape index (κ1) is 12.9. The summed E-state index contributed by atoms with van der Waals surface area (Å²) in [7, 11) is -3.05. The second-order valence-corrected chi connectivity index (χ2v) is 6.64. The van der Waals surface area contributed by atoms with Crippen LogP contribution in [0.2, 0.25) is 0 Å². The lowest BCUT2D eigenvalue weighted by atomic mass is 10.3. The highest BCUT2D eigenvalue weighted by molar-refractivity contribution is 7.91. The minimum Gasteiger partial charge on any atom is -0.294 e. The van der Waals surface area contributed by atoms with Crippen molar-refractivity contribution in [2.45, 2.75) is 32.6 Å². The summed E-state index contributed by atoms with van der Waals surface area (Å²) in [5.41, 5.74) is 0.502. The number of rotatable bonds is 5. The minimum atomic E-state index is -3.05. The molecule has 0 atom stereocenters. The molecule has 0 unspecified atom stereocenters. The molecule has 0 radical (unpaired) electrons. The van der Waals surface area contributed by atoms with E-state index in [0.29, 0.717) is 5.56 Å². The average Bonchev–Trinajstić information content (AvgIpc) is 2.63. The Bertz CT molecular complexity index is 474. The molecule has 1 aromatic rings. The van der Waals surface area contributed by atoms with Crippen LogP contribution in [0.5, 0.6) is 0 Å². The summed E-state index contributed by atoms with van der Waals surface area (Å²) in [6.45, 7) is 5.04. The zero-order valence-electron chi connectivity index (χ0n) is 9.67. The average molecular weight is 244 g/mol. The second kappa shape index (κ2) is 4.78. The summed E-state index contributed by atoms with van der Waals surface area (Å²) in [4.78, 5) is 11.0. The van der Waals surface area contributed by atoms with E-state index in [9.17, 15) is 13.2 Å². The van der Waals surface area contributed by atoms with Gasteiger partial charge in [-0.15, -0.1) is 0 Å². The van der Waals surface area contributed by atoms with E-state index >= 15 is 0 Å². The molecule has 0 aromatic carbocycles. The highest BCUT2D eigenvalue weighted by Gasteiger charge is 2.16. The van der Waals surface area contributed by atoms with Gasteiger partial charge in [-0.3, -0.25) is 9.48 Å². The van der Waals surface area contributed by atoms with E-state index in [0.717, 1.165) is 0 Å². The molecule has 0 aliphatic carbocycles. The molecular formula is C10H16N2O3S. The Kier molecular flexibility index (Phi) is 3.85. The van der Waals surface area contributed by atoms with Crippen LogP contribution < -0.4 is 0 Å². The smallest absolute Gasteiger partial charge is 0.162 e. The number of hydrogen-bond acceptors (Lipinski definition) is 4. The van der Waals surface area contributed by atoms with Crippen molar-refractivity contribution in [1.29, 1.82) is 0 Å². The van der Waals surface area contributed by atoms with Crippen LogP contribution in [0.1, 0.15) is 31.1 Å². The van der Waals surface area contributed by atoms with E-state index in [1.54, 1.807) is 20.0 Å². The predicted molar refractivity (Wildman–Crippen MR) is 61.2 cm³/mol. The number of sulfone groups is 1. The number of Topliss-reactive ketones (excluding diaryl/α,β-unsaturated/α-hetero) is 1. The Morgan fingerprint density at radius 3 is 2.56 bits per heavy atom. The maximum absolute atomic E-state index is 11.5. The molecule has 0 amide bonds. The standard InChI is InChI=1S/C10H16N2O3S/c1-8(2)16(14,15)5-4-12-7-10(6-11-12)9(3)13/h6-8H,4-5H2,1-3H3. The van der Waals surface area contributed by atoms with E-state index in [1.165, 1.54) is 17.8 Å². The van der Waals surface area contributed by atoms with Crippen LogP contribution >= 0.6 is 0 Å². The zero-order chi connectivity index (χ0) is 12.3. The lowest BCUT2D eigenvalue weighted by molar-refractivity contribution is 0.101. The molecule has 0 spiro atoms. The number of nitrogens with zero attached hydrogens (tertiary/aromatic N) is 2. The summed E-state index contributed by atoms with van der Waals surface area (Å²) in [6, 6.07) is 0. The van der Waals surface area contributed by atoms with E-state index in [1.807, 2.05) is 0 Å². The summed E-state index contributed by atoms with van der Waals surface area (Å²) in [6.07, 6.45) is 3.02. The van der Waals surface area contributed by atoms with Gasteiger partial charge >= 0.3 is 0 Å². The van der Waals surface area contributed by atoms with E-state index < -0.39 is 9.84 Å². The Labute approximate surface area is 95.4 Å². The van der Waals surface area contributed by atoms with Crippen LogP contribution in [0, 0.1) is 0 Å². The molecule has 90 valence electrons. The topological polar surface area (TPSA) is 69.0 Å². The predicted octanol–water partition coefficient (Wildman–Crippen LogP) is 0.909. The largest absolute Gasteiger partial charge is 0.294 e. The quantitative estimate of drug-likeness (QED) is 0.722. The van der Waals surface area contributed by atoms with Gasteiger partial charge in [0, 0.05) is 6.20 Å². The van der Waals surface area contributed by atoms with Gasteiger partial charge < -0.3 is 0 Å². The second-order valence-electron chi connectivity index (χ2n) is 3.96. The summed E-state index contributed by atoms with van der Waals surface area (Å²) >= 11 is 0. The van der Waals surface area contributed by atoms with E-state index in [4.69, 9.17) is 0 Å². The molecule has 0 saturated heterocycles. The van der Waals surface area contributed by atoms with Gasteiger partial charge in [0.1, 0.15) is 0 Å². The Morgan fingerprint density at radius 2 is 2.12 bits per heavy atom. The Morgan fingerprint density at radius 1 is 1.50 bits per heavy atom. The van der Waals surface area contributed by atoms with Gasteiger partial charge in [-0.1, -0.05) is 0 Å². The number of aryl methyl sites for hydroxylation is 1. The fourth-order valence-corrected chi connectivity index (χ4v) is 2.04. The van der Waals surface area contributed by atoms with Crippen molar-refractivity contribution in [3.8, 4) is 0 Å². The van der Waals surface area contributed by atoms with Gasteiger partial charge in [0.25, 0.3) is 0 Å². The third kappa shape index (κ3) is 3.16. The molecule has 6 heteroatoms. The first-order chi connectivity index (χ1) is 7.33. The SMILES string of the molecule is CC(=O)c1cnn(CCS(=O)(=O)C(C)C)c1. The monoisotopic (exact) mass is 244 g/mol. The third-order valence-corrected chi connectivity index (χ3v) is 4.55. The molecule has 0 bridgehead atoms. The normalized spacial score (nSPS) is 12.0. The van der Waals surface area contributed by atoms with Gasteiger partial charge in [0.05, 0.1) is 29.3 Å². The summed E-state index contributed by atoms with van der Waals surface area (Å²) < 4.78 is 24.6. The first-order valence-electron chi connectivity index (χ1n) is 5.08. The van der Waals surface area contributed by atoms with Crippen LogP contribution in [0.3, 0.4) is 0 Å². The molecule has 0 aliphatic heterocycles. The van der Waals surface area contributed by atoms with Crippen LogP contribution in [-0.2, 0) is 16.4 Å². The van der Waals surface area contributed by atoms with Crippen LogP contribution in [-0.4, -0.2) is 35.0 Å². The molecule has 0 N–H and O–H groups in total. The molecule has 16 heavy (non-hydrogen) atoms. The maximum Gasteiger partial charge on any atom is 0.162 e. The van der Waals surface area contributed by atoms with Crippen LogP contribution in [0.25, 0.3) is 0 Å². The zero-order valence-corrected chi connectivity index (χ0v) is 10.5. The van der Waals surface area contributed by atoms with Gasteiger partial charge in [0.15, 0.2) is 15.6 Å². The number of aromatic nitrogens is 2. The van der Waals surface area contributed by atoms with Crippen molar-refractivity contribution >= 4 is 15.6 Å². The summed E-state index contributed by atoms with van der Waals surface area (Å²) in [5.74, 6) is -0.0260. The van der Waals surface area contributed by atoms with Crippen molar-refractivity contribution < 1.29 is 13.2 Å². The Hall–Kier alpha value is -1.17. The van der Waals surface area contributed by atoms with Crippen molar-refractivity contribution in [1.82, 2.24) is 9.78 Å². The molecule has 0 saturated carbocycles. The lowest BCUT2D eigenvalue weighted by Crippen LogP contribution is -2.21. The number of hydrogen-bond donors (Lipinski definition) is 0. The van der Waals surface area contributed by atoms with Crippen molar-refractivity contribution in [2.24, 2.45) is 0 Å². The molecule has 0 fully saturated rings. The minimum absolute atomic E-state index is 0.0453. The fourth-order valence-electron chi connectivity index (χ4n) is 1.12. The van der Waals surface area contributed by atoms with Gasteiger partial charge in [-0.25, -0.2) is 8.42 Å². The lowest BCUT2D eigenvalue weighted by Gasteiger charge is -2.07. The van der Waals surface area contributed by atoms with E-state index in [-0.39, 0.29) is 23.3 Å². The highest BCUT2D eigenvalue weighted by Crippen LogP contribution is 2.03. The van der Waals surface area contributed by atoms with Crippen molar-refractivity contribution in [3.63, 3.8) is 0 Å². The maximum atomic E-state index is 11.5. The number of ketones is 1. The molecular weight excluding hydrogens is 228 g/mol. The molecule has 1 aromatic heterocycles. The van der Waals surface area contributed by atoms with E-state index in [2.05, 4.69) is 5.10 Å². The first-order valence-corrected chi connectivity index (χ1v) is 6.79. The molecule has 0 aliphatic rings. The number of carbonyl (C=O) groups is 1. The van der Waals surface area contributed by atoms with Gasteiger partial charge in [-0.05, 0) is 20.8 Å². The van der Waals surface area contributed by atoms with Crippen LogP contribution in [0.15, 0.2) is 12.4 Å². The molecule has 5 nitrogen and oxygen atoms in total. The van der Waals surface area contributed by atoms with Crippen LogP contribution in [0.4, 0.5) is 0 Å². The third-order valence-electron chi connectivity index (χ3n) is 2.36. The van der Waals surface area contributed by atoms with Crippen molar-refractivity contribution in [2.75, 3.05) is 5.75 Å². The van der Waals surface area contributed by atoms with Gasteiger partial charge in [-0.2, -0.15) is 5.10 Å². The van der Waals surface area contributed by atoms with Gasteiger partial charge in [0.2, 0.25) is 0 Å². The van der Waals surface area contributed by atoms with Crippen molar-refractivity contribution in [3.05, 3.63) is 18.0 Å². The fraction of sp³-hybridized carbons (Fsp3) is 0.600. The number of carbonyl (C=O) groups excluding carboxylic acids is 1. The molecule has 1 rings (SSSR count).